The topological polar surface area (TPSA) is 73.1 Å². The first-order chi connectivity index (χ1) is 14.2. The van der Waals surface area contributed by atoms with Gasteiger partial charge in [-0.3, -0.25) is 0 Å². The fourth-order valence-electron chi connectivity index (χ4n) is 2.67. The van der Waals surface area contributed by atoms with Crippen LogP contribution in [0.25, 0.3) is 0 Å². The van der Waals surface area contributed by atoms with E-state index >= 15 is 0 Å². The highest BCUT2D eigenvalue weighted by Gasteiger charge is 2.11. The minimum atomic E-state index is 0.272. The van der Waals surface area contributed by atoms with Gasteiger partial charge in [-0.15, -0.1) is 0 Å². The summed E-state index contributed by atoms with van der Waals surface area (Å²) >= 11 is 12.0. The molecule has 0 aliphatic rings. The monoisotopic (exact) mass is 426 g/mol. The normalized spacial score (nSPS) is 10.7. The third kappa shape index (κ3) is 5.04. The van der Waals surface area contributed by atoms with E-state index in [0.717, 1.165) is 11.3 Å². The van der Waals surface area contributed by atoms with E-state index in [1.54, 1.807) is 6.07 Å². The summed E-state index contributed by atoms with van der Waals surface area (Å²) in [6.07, 6.45) is 2.09. The number of hydrogen-bond donors (Lipinski definition) is 1. The molecule has 4 rings (SSSR count). The molecule has 6 nitrogen and oxygen atoms in total. The van der Waals surface area contributed by atoms with Gasteiger partial charge in [-0.25, -0.2) is 4.98 Å². The van der Waals surface area contributed by atoms with E-state index in [2.05, 4.69) is 20.4 Å². The number of hydrogen-bond acceptors (Lipinski definition) is 6. The lowest BCUT2D eigenvalue weighted by Crippen LogP contribution is -2.02. The molecule has 2 heterocycles. The van der Waals surface area contributed by atoms with Crippen molar-refractivity contribution in [3.8, 4) is 11.6 Å². The van der Waals surface area contributed by atoms with Gasteiger partial charge < -0.3 is 14.6 Å². The Morgan fingerprint density at radius 3 is 2.62 bits per heavy atom. The zero-order chi connectivity index (χ0) is 20.1. The zero-order valence-electron chi connectivity index (χ0n) is 15.2. The van der Waals surface area contributed by atoms with Crippen LogP contribution in [-0.2, 0) is 13.0 Å². The van der Waals surface area contributed by atoms with Crippen LogP contribution in [0.3, 0.4) is 0 Å². The molecule has 2 aromatic heterocycles. The van der Waals surface area contributed by atoms with E-state index < -0.39 is 0 Å². The van der Waals surface area contributed by atoms with Gasteiger partial charge in [0.25, 0.3) is 0 Å². The molecule has 0 amide bonds. The molecule has 0 radical (unpaired) electrons. The van der Waals surface area contributed by atoms with E-state index in [0.29, 0.717) is 40.5 Å². The van der Waals surface area contributed by atoms with Crippen molar-refractivity contribution in [1.29, 1.82) is 0 Å². The predicted molar refractivity (Wildman–Crippen MR) is 112 cm³/mol. The van der Waals surface area contributed by atoms with Gasteiger partial charge in [0, 0.05) is 12.6 Å². The molecule has 0 unspecified atom stereocenters. The molecule has 4 aromatic rings. The van der Waals surface area contributed by atoms with Gasteiger partial charge in [-0.1, -0.05) is 70.8 Å². The van der Waals surface area contributed by atoms with Crippen molar-refractivity contribution in [3.63, 3.8) is 0 Å². The second-order valence-corrected chi connectivity index (χ2v) is 7.00. The Morgan fingerprint density at radius 2 is 1.79 bits per heavy atom. The van der Waals surface area contributed by atoms with Crippen LogP contribution in [-0.4, -0.2) is 15.1 Å². The third-order valence-corrected chi connectivity index (χ3v) is 4.49. The SMILES string of the molecule is Clc1cnc(Oc2ccccc2NCc2nc(Cc3ccccc3)no2)c(Cl)c1. The molecule has 0 saturated carbocycles. The number of aromatic nitrogens is 3. The zero-order valence-corrected chi connectivity index (χ0v) is 16.7. The molecule has 8 heteroatoms. The molecule has 0 fully saturated rings. The van der Waals surface area contributed by atoms with E-state index in [4.69, 9.17) is 32.5 Å². The highest BCUT2D eigenvalue weighted by molar-refractivity contribution is 6.35. The number of halogens is 2. The van der Waals surface area contributed by atoms with E-state index in [1.807, 2.05) is 54.6 Å². The van der Waals surface area contributed by atoms with Gasteiger partial charge in [0.2, 0.25) is 11.8 Å². The van der Waals surface area contributed by atoms with Crippen LogP contribution >= 0.6 is 23.2 Å². The molecule has 0 bridgehead atoms. The minimum absolute atomic E-state index is 0.272. The number of benzene rings is 2. The lowest BCUT2D eigenvalue weighted by Gasteiger charge is -2.12. The van der Waals surface area contributed by atoms with Crippen LogP contribution < -0.4 is 10.1 Å². The molecule has 146 valence electrons. The van der Waals surface area contributed by atoms with Crippen LogP contribution in [0.15, 0.2) is 71.4 Å². The summed E-state index contributed by atoms with van der Waals surface area (Å²) in [6, 6.07) is 19.0. The van der Waals surface area contributed by atoms with Crippen LogP contribution in [0.2, 0.25) is 10.0 Å². The smallest absolute Gasteiger partial charge is 0.245 e. The number of para-hydroxylation sites is 2. The highest BCUT2D eigenvalue weighted by atomic mass is 35.5. The number of nitrogens with one attached hydrogen (secondary N) is 1. The summed E-state index contributed by atoms with van der Waals surface area (Å²) in [5, 5.41) is 8.05. The summed E-state index contributed by atoms with van der Waals surface area (Å²) in [5.41, 5.74) is 1.86. The Kier molecular flexibility index (Phi) is 5.93. The van der Waals surface area contributed by atoms with Crippen LogP contribution in [0.1, 0.15) is 17.3 Å². The Bertz CT molecular complexity index is 1100. The second-order valence-electron chi connectivity index (χ2n) is 6.16. The van der Waals surface area contributed by atoms with E-state index in [9.17, 15) is 0 Å². The number of anilines is 1. The van der Waals surface area contributed by atoms with Crippen molar-refractivity contribution in [3.05, 3.63) is 94.2 Å². The average Bonchev–Trinajstić information content (AvgIpc) is 3.17. The molecule has 0 atom stereocenters. The molecule has 0 saturated heterocycles. The summed E-state index contributed by atoms with van der Waals surface area (Å²) in [4.78, 5) is 8.55. The second kappa shape index (κ2) is 8.94. The summed E-state index contributed by atoms with van der Waals surface area (Å²) in [6.45, 7) is 0.351. The van der Waals surface area contributed by atoms with E-state index in [1.165, 1.54) is 6.20 Å². The molecule has 0 aliphatic carbocycles. The van der Waals surface area contributed by atoms with Crippen LogP contribution in [0, 0.1) is 0 Å². The Balaban J connectivity index is 1.43. The molecular weight excluding hydrogens is 411 g/mol. The maximum absolute atomic E-state index is 6.15. The Hall–Kier alpha value is -3.09. The number of pyridine rings is 1. The largest absolute Gasteiger partial charge is 0.435 e. The molecule has 0 spiro atoms. The van der Waals surface area contributed by atoms with Gasteiger partial charge in [0.05, 0.1) is 17.3 Å². The number of ether oxygens (including phenoxy) is 1. The highest BCUT2D eigenvalue weighted by Crippen LogP contribution is 2.33. The maximum atomic E-state index is 6.15. The molecular formula is C21H16Cl2N4O2. The van der Waals surface area contributed by atoms with Crippen molar-refractivity contribution >= 4 is 28.9 Å². The standard InChI is InChI=1S/C21H16Cl2N4O2/c22-15-11-16(23)21(25-12-15)28-18-9-5-4-8-17(18)24-13-20-26-19(27-29-20)10-14-6-2-1-3-7-14/h1-9,11-12,24H,10,13H2. The lowest BCUT2D eigenvalue weighted by atomic mass is 10.1. The predicted octanol–water partition coefficient (Wildman–Crippen LogP) is 5.77. The van der Waals surface area contributed by atoms with Gasteiger partial charge in [0.15, 0.2) is 11.6 Å². The van der Waals surface area contributed by atoms with Crippen molar-refractivity contribution in [2.75, 3.05) is 5.32 Å². The van der Waals surface area contributed by atoms with Gasteiger partial charge in [-0.2, -0.15) is 4.98 Å². The quantitative estimate of drug-likeness (QED) is 0.404. The van der Waals surface area contributed by atoms with Gasteiger partial charge in [0.1, 0.15) is 5.02 Å². The summed E-state index contributed by atoms with van der Waals surface area (Å²) in [7, 11) is 0. The number of rotatable bonds is 7. The fraction of sp³-hybridized carbons (Fsp3) is 0.0952. The summed E-state index contributed by atoms with van der Waals surface area (Å²) < 4.78 is 11.2. The lowest BCUT2D eigenvalue weighted by molar-refractivity contribution is 0.378. The third-order valence-electron chi connectivity index (χ3n) is 4.01. The van der Waals surface area contributed by atoms with Crippen LogP contribution in [0.5, 0.6) is 11.6 Å². The molecule has 1 N–H and O–H groups in total. The molecule has 0 aliphatic heterocycles. The van der Waals surface area contributed by atoms with Crippen LogP contribution in [0.4, 0.5) is 5.69 Å². The van der Waals surface area contributed by atoms with Crippen molar-refractivity contribution < 1.29 is 9.26 Å². The number of nitrogens with zero attached hydrogens (tertiary/aromatic N) is 3. The first-order valence-electron chi connectivity index (χ1n) is 8.84. The van der Waals surface area contributed by atoms with Gasteiger partial charge in [-0.05, 0) is 23.8 Å². The minimum Gasteiger partial charge on any atom is -0.435 e. The fourth-order valence-corrected chi connectivity index (χ4v) is 3.08. The maximum Gasteiger partial charge on any atom is 0.245 e. The van der Waals surface area contributed by atoms with Gasteiger partial charge >= 0.3 is 0 Å². The van der Waals surface area contributed by atoms with Crippen molar-refractivity contribution in [2.24, 2.45) is 0 Å². The molecule has 2 aromatic carbocycles. The van der Waals surface area contributed by atoms with Crippen molar-refractivity contribution in [1.82, 2.24) is 15.1 Å². The van der Waals surface area contributed by atoms with E-state index in [-0.39, 0.29) is 5.88 Å². The Labute approximate surface area is 177 Å². The summed E-state index contributed by atoms with van der Waals surface area (Å²) in [5.74, 6) is 1.95. The van der Waals surface area contributed by atoms with Crippen molar-refractivity contribution in [2.45, 2.75) is 13.0 Å². The molecule has 29 heavy (non-hydrogen) atoms. The Morgan fingerprint density at radius 1 is 1.00 bits per heavy atom. The first-order valence-corrected chi connectivity index (χ1v) is 9.60. The average molecular weight is 427 g/mol. The first kappa shape index (κ1) is 19.2.